The Kier molecular flexibility index (Phi) is 10.7. The molecule has 0 fully saturated rings. The fourth-order valence-electron chi connectivity index (χ4n) is 16.7. The summed E-state index contributed by atoms with van der Waals surface area (Å²) in [6.45, 7) is 30.9. The molecule has 418 valence electrons. The molecule has 3 nitrogen and oxygen atoms in total. The van der Waals surface area contributed by atoms with Gasteiger partial charge >= 0.3 is 6.85 Å². The number of rotatable bonds is 4. The van der Waals surface area contributed by atoms with Gasteiger partial charge in [-0.05, 0) is 202 Å². The van der Waals surface area contributed by atoms with Gasteiger partial charge in [-0.3, -0.25) is 0 Å². The first-order valence-electron chi connectivity index (χ1n) is 31.2. The number of hydrogen-bond acceptors (Lipinski definition) is 3. The molecular weight excluding hydrogens is 1030 g/mol. The minimum Gasteiger partial charge on any atom is -0.376 e. The second-order valence-electron chi connectivity index (χ2n) is 29.6. The van der Waals surface area contributed by atoms with Crippen LogP contribution in [0.1, 0.15) is 157 Å². The maximum absolute atomic E-state index is 2.85. The highest BCUT2D eigenvalue weighted by Gasteiger charge is 2.56. The fourth-order valence-corrected chi connectivity index (χ4v) is 16.7. The van der Waals surface area contributed by atoms with E-state index in [9.17, 15) is 0 Å². The Morgan fingerprint density at radius 2 is 0.894 bits per heavy atom. The summed E-state index contributed by atoms with van der Waals surface area (Å²) in [5, 5.41) is 0. The van der Waals surface area contributed by atoms with Crippen LogP contribution in [-0.4, -0.2) is 6.85 Å². The van der Waals surface area contributed by atoms with Crippen molar-refractivity contribution in [3.05, 3.63) is 261 Å². The minimum absolute atomic E-state index is 0.000290. The van der Waals surface area contributed by atoms with E-state index in [0.717, 1.165) is 23.5 Å². The molecule has 10 aromatic carbocycles. The van der Waals surface area contributed by atoms with Crippen LogP contribution in [0.4, 0.5) is 45.5 Å². The lowest BCUT2D eigenvalue weighted by molar-refractivity contribution is 0.332. The third-order valence-electron chi connectivity index (χ3n) is 21.3. The van der Waals surface area contributed by atoms with Crippen LogP contribution in [0.2, 0.25) is 0 Å². The monoisotopic (exact) mass is 1100 g/mol. The van der Waals surface area contributed by atoms with E-state index in [2.05, 4.69) is 305 Å². The molecule has 85 heavy (non-hydrogen) atoms. The third-order valence-corrected chi connectivity index (χ3v) is 21.3. The highest BCUT2D eigenvalue weighted by molar-refractivity contribution is 6.93. The van der Waals surface area contributed by atoms with Crippen LogP contribution in [-0.2, 0) is 32.5 Å². The van der Waals surface area contributed by atoms with Crippen molar-refractivity contribution in [1.29, 1.82) is 0 Å². The van der Waals surface area contributed by atoms with Gasteiger partial charge in [0.05, 0.1) is 11.1 Å². The Balaban J connectivity index is 1.07. The first kappa shape index (κ1) is 52.2. The number of para-hydroxylation sites is 2. The van der Waals surface area contributed by atoms with Crippen molar-refractivity contribution in [3.63, 3.8) is 0 Å². The summed E-state index contributed by atoms with van der Waals surface area (Å²) in [6, 6.07) is 79.1. The quantitative estimate of drug-likeness (QED) is 0.163. The first-order valence-corrected chi connectivity index (χ1v) is 31.2. The van der Waals surface area contributed by atoms with Gasteiger partial charge in [0.25, 0.3) is 0 Å². The van der Waals surface area contributed by atoms with Gasteiger partial charge in [0, 0.05) is 50.8 Å². The molecule has 16 rings (SSSR count). The largest absolute Gasteiger partial charge is 0.376 e. The maximum atomic E-state index is 2.85. The smallest absolute Gasteiger partial charge is 0.333 e. The number of nitrogens with zero attached hydrogens (tertiary/aromatic N) is 3. The topological polar surface area (TPSA) is 9.72 Å². The summed E-state index contributed by atoms with van der Waals surface area (Å²) in [5.74, 6) is 0. The van der Waals surface area contributed by atoms with Crippen molar-refractivity contribution in [2.75, 3.05) is 14.6 Å². The van der Waals surface area contributed by atoms with Gasteiger partial charge in [-0.25, -0.2) is 0 Å². The molecule has 0 radical (unpaired) electrons. The van der Waals surface area contributed by atoms with Gasteiger partial charge in [0.1, 0.15) is 0 Å². The van der Waals surface area contributed by atoms with E-state index in [4.69, 9.17) is 0 Å². The summed E-state index contributed by atoms with van der Waals surface area (Å²) in [6.07, 6.45) is 2.31. The van der Waals surface area contributed by atoms with E-state index in [0.29, 0.717) is 0 Å². The standard InChI is InChI=1S/C81H76BN3/c1-49-43-67-68(79(10,11)42-41-78(67,8)9)48-71(49)85-72-47-66-58(57-25-14-17-26-61(57)80(66,12)13)46-59(72)60-44-54(83(52-37-33-50(34-38-52)76(2,3)4)53-39-35-51(36-40-53)77(5,6)7)45-73-74(60)82(85)69-31-22-30-65-75(69)84(73)70-32-21-20-29-64(70)81(65)62-27-18-15-23-55(62)56-24-16-19-28-63(56)81/h14-40,43-48H,41-42H2,1-13H3. The van der Waals surface area contributed by atoms with Gasteiger partial charge in [-0.1, -0.05) is 223 Å². The van der Waals surface area contributed by atoms with Crippen molar-refractivity contribution in [3.8, 4) is 33.4 Å². The van der Waals surface area contributed by atoms with Crippen LogP contribution in [0.3, 0.4) is 0 Å². The molecule has 0 unspecified atom stereocenters. The average Bonchev–Trinajstić information content (AvgIpc) is 1.67. The summed E-state index contributed by atoms with van der Waals surface area (Å²) in [4.78, 5) is 8.11. The molecular formula is C81H76BN3. The Morgan fingerprint density at radius 3 is 1.48 bits per heavy atom. The second-order valence-corrected chi connectivity index (χ2v) is 29.6. The lowest BCUT2D eigenvalue weighted by Gasteiger charge is -2.52. The summed E-state index contributed by atoms with van der Waals surface area (Å²) in [7, 11) is 0. The SMILES string of the molecule is Cc1cc2c(cc1N1B3c4cccc5c4N(c4ccccc4C54c5ccccc5-c5ccccc54)c4cc(N(c5ccc(C(C)(C)C)cc5)c5ccc(C(C)(C)C)cc5)cc(c43)-c3cc4c(cc31)C(C)(C)c1ccccc1-4)C(C)(C)CCC2(C)C. The van der Waals surface area contributed by atoms with E-state index in [1.807, 2.05) is 0 Å². The fraction of sp³-hybridized carbons (Fsp3) is 0.259. The van der Waals surface area contributed by atoms with E-state index >= 15 is 0 Å². The molecule has 6 aliphatic rings. The van der Waals surface area contributed by atoms with Crippen molar-refractivity contribution in [2.24, 2.45) is 0 Å². The summed E-state index contributed by atoms with van der Waals surface area (Å²) < 4.78 is 0. The highest BCUT2D eigenvalue weighted by Crippen LogP contribution is 2.65. The molecule has 10 aromatic rings. The van der Waals surface area contributed by atoms with Crippen LogP contribution in [0, 0.1) is 6.92 Å². The molecule has 3 aliphatic carbocycles. The van der Waals surface area contributed by atoms with E-state index in [-0.39, 0.29) is 33.9 Å². The summed E-state index contributed by atoms with van der Waals surface area (Å²) >= 11 is 0. The Bertz CT molecular complexity index is 4400. The summed E-state index contributed by atoms with van der Waals surface area (Å²) in [5.41, 5.74) is 34.4. The normalized spacial score (nSPS) is 17.0. The predicted molar refractivity (Wildman–Crippen MR) is 361 cm³/mol. The molecule has 0 aromatic heterocycles. The van der Waals surface area contributed by atoms with E-state index in [1.165, 1.54) is 140 Å². The van der Waals surface area contributed by atoms with Crippen molar-refractivity contribution in [2.45, 2.75) is 135 Å². The molecule has 0 saturated carbocycles. The molecule has 0 bridgehead atoms. The van der Waals surface area contributed by atoms with Crippen molar-refractivity contribution < 1.29 is 0 Å². The first-order chi connectivity index (χ1) is 40.6. The van der Waals surface area contributed by atoms with Crippen molar-refractivity contribution >= 4 is 63.3 Å². The lowest BCUT2D eigenvalue weighted by atomic mass is 9.42. The van der Waals surface area contributed by atoms with Gasteiger partial charge in [-0.15, -0.1) is 0 Å². The zero-order chi connectivity index (χ0) is 58.6. The average molecular weight is 1100 g/mol. The van der Waals surface area contributed by atoms with E-state index in [1.54, 1.807) is 0 Å². The van der Waals surface area contributed by atoms with Crippen molar-refractivity contribution in [1.82, 2.24) is 0 Å². The number of aryl methyl sites for hydroxylation is 1. The second kappa shape index (κ2) is 17.4. The predicted octanol–water partition coefficient (Wildman–Crippen LogP) is 20.1. The minimum atomic E-state index is -0.579. The van der Waals surface area contributed by atoms with Crippen LogP contribution in [0.25, 0.3) is 33.4 Å². The van der Waals surface area contributed by atoms with E-state index < -0.39 is 5.41 Å². The van der Waals surface area contributed by atoms with Crippen LogP contribution in [0.5, 0.6) is 0 Å². The molecule has 4 heteroatoms. The number of anilines is 8. The molecule has 0 saturated heterocycles. The zero-order valence-corrected chi connectivity index (χ0v) is 51.9. The Morgan fingerprint density at radius 1 is 0.388 bits per heavy atom. The van der Waals surface area contributed by atoms with Gasteiger partial charge in [0.2, 0.25) is 0 Å². The van der Waals surface area contributed by atoms with Gasteiger partial charge < -0.3 is 14.6 Å². The number of benzene rings is 10. The van der Waals surface area contributed by atoms with Gasteiger partial charge in [-0.2, -0.15) is 0 Å². The molecule has 0 amide bonds. The lowest BCUT2D eigenvalue weighted by Crippen LogP contribution is -2.63. The number of fused-ring (bicyclic) bond motifs is 17. The maximum Gasteiger partial charge on any atom is 0.333 e. The zero-order valence-electron chi connectivity index (χ0n) is 51.9. The number of hydrogen-bond donors (Lipinski definition) is 0. The Hall–Kier alpha value is -8.34. The van der Waals surface area contributed by atoms with Gasteiger partial charge in [0.15, 0.2) is 0 Å². The molecule has 3 aliphatic heterocycles. The molecule has 0 atom stereocenters. The van der Waals surface area contributed by atoms with Crippen LogP contribution < -0.4 is 25.5 Å². The Labute approximate surface area is 505 Å². The highest BCUT2D eigenvalue weighted by atomic mass is 15.2. The molecule has 3 heterocycles. The van der Waals surface area contributed by atoms with Crippen LogP contribution in [0.15, 0.2) is 200 Å². The third kappa shape index (κ3) is 7.09. The molecule has 1 spiro atoms. The van der Waals surface area contributed by atoms with Crippen LogP contribution >= 0.6 is 0 Å². The molecule has 0 N–H and O–H groups in total.